The van der Waals surface area contributed by atoms with Crippen LogP contribution in [-0.4, -0.2) is 20.7 Å². The van der Waals surface area contributed by atoms with Gasteiger partial charge in [-0.1, -0.05) is 35.9 Å². The Morgan fingerprint density at radius 2 is 1.92 bits per heavy atom. The first-order chi connectivity index (χ1) is 12.7. The minimum absolute atomic E-state index is 0.00990. The van der Waals surface area contributed by atoms with E-state index < -0.39 is 0 Å². The lowest BCUT2D eigenvalue weighted by atomic mass is 9.68. The van der Waals surface area contributed by atoms with Crippen molar-refractivity contribution in [2.75, 3.05) is 5.32 Å². The van der Waals surface area contributed by atoms with Gasteiger partial charge >= 0.3 is 0 Å². The summed E-state index contributed by atoms with van der Waals surface area (Å²) in [4.78, 5) is 4.36. The summed E-state index contributed by atoms with van der Waals surface area (Å²) in [6.45, 7) is 0. The summed E-state index contributed by atoms with van der Waals surface area (Å²) in [6, 6.07) is 16.5. The molecule has 5 rings (SSSR count). The van der Waals surface area contributed by atoms with E-state index in [1.54, 1.807) is 0 Å². The van der Waals surface area contributed by atoms with Crippen LogP contribution in [0.3, 0.4) is 0 Å². The Labute approximate surface area is 162 Å². The third-order valence-electron chi connectivity index (χ3n) is 5.41. The molecule has 0 bridgehead atoms. The van der Waals surface area contributed by atoms with E-state index in [1.807, 2.05) is 36.8 Å². The van der Waals surface area contributed by atoms with Gasteiger partial charge in [0.15, 0.2) is 5.11 Å². The van der Waals surface area contributed by atoms with E-state index in [2.05, 4.69) is 44.5 Å². The van der Waals surface area contributed by atoms with Crippen LogP contribution in [0.25, 0.3) is 11.3 Å². The van der Waals surface area contributed by atoms with Crippen molar-refractivity contribution >= 4 is 34.6 Å². The lowest BCUT2D eigenvalue weighted by molar-refractivity contribution is 0.160. The summed E-state index contributed by atoms with van der Waals surface area (Å²) in [6.07, 6.45) is 5.91. The van der Waals surface area contributed by atoms with E-state index in [1.165, 1.54) is 16.8 Å². The van der Waals surface area contributed by atoms with Crippen molar-refractivity contribution in [1.82, 2.24) is 14.9 Å². The molecule has 26 heavy (non-hydrogen) atoms. The van der Waals surface area contributed by atoms with Crippen LogP contribution in [-0.2, 0) is 5.54 Å². The Kier molecular flexibility index (Phi) is 3.55. The second-order valence-electron chi connectivity index (χ2n) is 6.94. The van der Waals surface area contributed by atoms with Gasteiger partial charge < -0.3 is 15.2 Å². The minimum Gasteiger partial charge on any atom is -0.360 e. The van der Waals surface area contributed by atoms with Crippen molar-refractivity contribution in [3.8, 4) is 11.3 Å². The van der Waals surface area contributed by atoms with Crippen LogP contribution in [0.2, 0.25) is 5.02 Å². The summed E-state index contributed by atoms with van der Waals surface area (Å²) in [5.41, 5.74) is 4.85. The van der Waals surface area contributed by atoms with Crippen LogP contribution in [0.4, 0.5) is 5.69 Å². The molecule has 0 saturated heterocycles. The quantitative estimate of drug-likeness (QED) is 0.646. The third-order valence-corrected chi connectivity index (χ3v) is 5.88. The van der Waals surface area contributed by atoms with Crippen LogP contribution in [0.15, 0.2) is 61.1 Å². The Balaban J connectivity index is 1.30. The van der Waals surface area contributed by atoms with E-state index in [4.69, 9.17) is 23.8 Å². The van der Waals surface area contributed by atoms with E-state index in [0.29, 0.717) is 16.2 Å². The Morgan fingerprint density at radius 3 is 2.73 bits per heavy atom. The Morgan fingerprint density at radius 1 is 1.15 bits per heavy atom. The zero-order valence-electron chi connectivity index (χ0n) is 13.9. The molecule has 1 aromatic heterocycles. The van der Waals surface area contributed by atoms with Crippen molar-refractivity contribution in [2.45, 2.75) is 24.4 Å². The van der Waals surface area contributed by atoms with Gasteiger partial charge in [0.2, 0.25) is 0 Å². The van der Waals surface area contributed by atoms with Crippen molar-refractivity contribution in [3.63, 3.8) is 0 Å². The largest absolute Gasteiger partial charge is 0.360 e. The molecule has 1 spiro atoms. The van der Waals surface area contributed by atoms with E-state index in [0.717, 1.165) is 18.5 Å². The molecule has 1 aliphatic carbocycles. The van der Waals surface area contributed by atoms with Crippen LogP contribution < -0.4 is 10.6 Å². The Hall–Kier alpha value is -2.37. The van der Waals surface area contributed by atoms with Crippen molar-refractivity contribution in [1.29, 1.82) is 0 Å². The van der Waals surface area contributed by atoms with Crippen LogP contribution in [0.5, 0.6) is 0 Å². The van der Waals surface area contributed by atoms with Crippen molar-refractivity contribution in [2.24, 2.45) is 0 Å². The van der Waals surface area contributed by atoms with Gasteiger partial charge in [0.25, 0.3) is 0 Å². The topological polar surface area (TPSA) is 41.9 Å². The molecule has 130 valence electrons. The van der Waals surface area contributed by atoms with Gasteiger partial charge in [-0.15, -0.1) is 0 Å². The molecule has 6 heteroatoms. The molecule has 3 aromatic rings. The minimum atomic E-state index is 0.00990. The Bertz CT molecular complexity index is 989. The number of nitrogens with one attached hydrogen (secondary N) is 2. The van der Waals surface area contributed by atoms with Crippen molar-refractivity contribution < 1.29 is 0 Å². The summed E-state index contributed by atoms with van der Waals surface area (Å²) in [5, 5.41) is 8.02. The zero-order chi connectivity index (χ0) is 17.7. The molecule has 0 atom stereocenters. The molecular weight excluding hydrogens is 364 g/mol. The molecule has 0 unspecified atom stereocenters. The molecule has 2 heterocycles. The predicted octanol–water partition coefficient (Wildman–Crippen LogP) is 4.41. The average molecular weight is 381 g/mol. The fourth-order valence-electron chi connectivity index (χ4n) is 4.24. The predicted molar refractivity (Wildman–Crippen MR) is 109 cm³/mol. The normalized spacial score (nSPS) is 22.4. The maximum absolute atomic E-state index is 5.92. The first-order valence-corrected chi connectivity index (χ1v) is 9.40. The van der Waals surface area contributed by atoms with E-state index in [-0.39, 0.29) is 5.54 Å². The maximum atomic E-state index is 5.92. The number of rotatable bonds is 2. The number of benzene rings is 2. The van der Waals surface area contributed by atoms with Gasteiger partial charge in [0.05, 0.1) is 23.8 Å². The number of hydrogen-bond acceptors (Lipinski definition) is 2. The molecule has 2 aliphatic rings. The number of imidazole rings is 1. The molecule has 0 amide bonds. The fourth-order valence-corrected chi connectivity index (χ4v) is 4.65. The SMILES string of the molecule is S=C(Nc1ccc(Cl)cc1)NC1CC2(C1)c1ccccc1-c1cncn12. The lowest BCUT2D eigenvalue weighted by Gasteiger charge is -2.47. The van der Waals surface area contributed by atoms with E-state index >= 15 is 0 Å². The molecular formula is C20H17ClN4S. The van der Waals surface area contributed by atoms with Gasteiger partial charge in [-0.3, -0.25) is 0 Å². The third kappa shape index (κ3) is 2.35. The molecule has 1 aliphatic heterocycles. The van der Waals surface area contributed by atoms with Gasteiger partial charge in [0.1, 0.15) is 0 Å². The highest BCUT2D eigenvalue weighted by molar-refractivity contribution is 7.80. The number of hydrogen-bond donors (Lipinski definition) is 2. The number of nitrogens with zero attached hydrogens (tertiary/aromatic N) is 2. The van der Waals surface area contributed by atoms with Crippen LogP contribution in [0.1, 0.15) is 18.4 Å². The summed E-state index contributed by atoms with van der Waals surface area (Å²) >= 11 is 11.4. The lowest BCUT2D eigenvalue weighted by Crippen LogP contribution is -2.56. The van der Waals surface area contributed by atoms with Crippen LogP contribution in [0, 0.1) is 0 Å². The standard InChI is InChI=1S/C20H17ClN4S/c21-13-5-7-14(8-6-13)23-19(26)24-15-9-20(10-15)17-4-2-1-3-16(17)18-11-22-12-25(18)20/h1-8,11-12,15H,9-10H2,(H2,23,24,26). The van der Waals surface area contributed by atoms with E-state index in [9.17, 15) is 0 Å². The fraction of sp³-hybridized carbons (Fsp3) is 0.200. The highest BCUT2D eigenvalue weighted by Gasteiger charge is 2.52. The number of thiocarbonyl (C=S) groups is 1. The number of halogens is 1. The molecule has 1 fully saturated rings. The molecule has 2 aromatic carbocycles. The maximum Gasteiger partial charge on any atom is 0.170 e. The summed E-state index contributed by atoms with van der Waals surface area (Å²) in [7, 11) is 0. The first kappa shape index (κ1) is 15.9. The second kappa shape index (κ2) is 5.83. The second-order valence-corrected chi connectivity index (χ2v) is 7.78. The smallest absolute Gasteiger partial charge is 0.170 e. The zero-order valence-corrected chi connectivity index (χ0v) is 15.5. The highest BCUT2D eigenvalue weighted by Crippen LogP contribution is 2.54. The summed E-state index contributed by atoms with van der Waals surface area (Å²) < 4.78 is 2.32. The van der Waals surface area contributed by atoms with Gasteiger partial charge in [-0.25, -0.2) is 4.98 Å². The molecule has 2 N–H and O–H groups in total. The first-order valence-electron chi connectivity index (χ1n) is 8.61. The number of anilines is 1. The van der Waals surface area contributed by atoms with Gasteiger partial charge in [0, 0.05) is 22.3 Å². The summed E-state index contributed by atoms with van der Waals surface area (Å²) in [5.74, 6) is 0. The van der Waals surface area contributed by atoms with Gasteiger partial charge in [-0.05, 0) is 54.9 Å². The van der Waals surface area contributed by atoms with Crippen molar-refractivity contribution in [3.05, 3.63) is 71.6 Å². The molecule has 1 saturated carbocycles. The monoisotopic (exact) mass is 380 g/mol. The number of fused-ring (bicyclic) bond motifs is 5. The molecule has 0 radical (unpaired) electrons. The van der Waals surface area contributed by atoms with Crippen LogP contribution >= 0.6 is 23.8 Å². The average Bonchev–Trinajstić information content (AvgIpc) is 3.18. The molecule has 4 nitrogen and oxygen atoms in total. The highest BCUT2D eigenvalue weighted by atomic mass is 35.5. The number of aromatic nitrogens is 2. The van der Waals surface area contributed by atoms with Gasteiger partial charge in [-0.2, -0.15) is 0 Å².